The highest BCUT2D eigenvalue weighted by atomic mass is 35.5. The van der Waals surface area contributed by atoms with Crippen LogP contribution in [0.3, 0.4) is 0 Å². The van der Waals surface area contributed by atoms with Crippen LogP contribution in [0.2, 0.25) is 10.0 Å². The van der Waals surface area contributed by atoms with Gasteiger partial charge in [-0.05, 0) is 19.2 Å². The van der Waals surface area contributed by atoms with Crippen LogP contribution in [-0.2, 0) is 11.3 Å². The second kappa shape index (κ2) is 7.31. The first-order valence-electron chi connectivity index (χ1n) is 6.81. The van der Waals surface area contributed by atoms with Gasteiger partial charge in [-0.25, -0.2) is 0 Å². The van der Waals surface area contributed by atoms with Crippen molar-refractivity contribution >= 4 is 29.1 Å². The number of hydrogen-bond acceptors (Lipinski definition) is 4. The summed E-state index contributed by atoms with van der Waals surface area (Å²) in [5.74, 6) is 0.106. The summed E-state index contributed by atoms with van der Waals surface area (Å²) in [4.78, 5) is 15.8. The summed E-state index contributed by atoms with van der Waals surface area (Å²) < 4.78 is 0. The lowest BCUT2D eigenvalue weighted by Gasteiger charge is -2.29. The van der Waals surface area contributed by atoms with E-state index < -0.39 is 0 Å². The van der Waals surface area contributed by atoms with Crippen LogP contribution in [0.15, 0.2) is 12.1 Å². The number of carbonyl (C=O) groups excluding carboxylic acids is 1. The summed E-state index contributed by atoms with van der Waals surface area (Å²) >= 11 is 11.8. The van der Waals surface area contributed by atoms with Gasteiger partial charge in [0.15, 0.2) is 0 Å². The van der Waals surface area contributed by atoms with Crippen LogP contribution in [-0.4, -0.2) is 60.6 Å². The minimum atomic E-state index is 0.0162. The van der Waals surface area contributed by atoms with Crippen molar-refractivity contribution in [2.45, 2.75) is 6.54 Å². The van der Waals surface area contributed by atoms with Crippen LogP contribution in [0.4, 0.5) is 0 Å². The van der Waals surface area contributed by atoms with E-state index in [2.05, 4.69) is 5.32 Å². The van der Waals surface area contributed by atoms with E-state index >= 15 is 0 Å². The van der Waals surface area contributed by atoms with Gasteiger partial charge < -0.3 is 15.3 Å². The predicted octanol–water partition coefficient (Wildman–Crippen LogP) is 1.56. The molecule has 0 bridgehead atoms. The number of carbonyl (C=O) groups is 1. The SMILES string of the molecule is CN(CC(=O)N1CCNCC1)Cc1cc(Cl)cc(Cl)c1O. The second-order valence-electron chi connectivity index (χ2n) is 5.20. The number of nitrogens with zero attached hydrogens (tertiary/aromatic N) is 2. The maximum Gasteiger partial charge on any atom is 0.236 e. The van der Waals surface area contributed by atoms with Crippen molar-refractivity contribution in [3.05, 3.63) is 27.7 Å². The molecule has 5 nitrogen and oxygen atoms in total. The molecule has 7 heteroatoms. The Labute approximate surface area is 134 Å². The number of halogens is 2. The molecule has 0 spiro atoms. The fourth-order valence-electron chi connectivity index (χ4n) is 2.33. The quantitative estimate of drug-likeness (QED) is 0.879. The molecule has 1 amide bonds. The molecular weight excluding hydrogens is 313 g/mol. The minimum Gasteiger partial charge on any atom is -0.506 e. The number of amides is 1. The molecule has 1 aromatic carbocycles. The Morgan fingerprint density at radius 3 is 2.71 bits per heavy atom. The maximum absolute atomic E-state index is 12.2. The summed E-state index contributed by atoms with van der Waals surface area (Å²) in [5.41, 5.74) is 0.614. The number of phenolic OH excluding ortho intramolecular Hbond substituents is 1. The second-order valence-corrected chi connectivity index (χ2v) is 6.04. The minimum absolute atomic E-state index is 0.0162. The molecule has 1 heterocycles. The highest BCUT2D eigenvalue weighted by Gasteiger charge is 2.18. The zero-order valence-corrected chi connectivity index (χ0v) is 13.4. The molecule has 0 saturated carbocycles. The lowest BCUT2D eigenvalue weighted by molar-refractivity contribution is -0.132. The molecule has 0 aromatic heterocycles. The van der Waals surface area contributed by atoms with Gasteiger partial charge >= 0.3 is 0 Å². The molecule has 1 saturated heterocycles. The highest BCUT2D eigenvalue weighted by Crippen LogP contribution is 2.31. The standard InChI is InChI=1S/C14H19Cl2N3O2/c1-18(9-13(20)19-4-2-17-3-5-19)8-10-6-11(15)7-12(16)14(10)21/h6-7,17,21H,2-5,8-9H2,1H3. The predicted molar refractivity (Wildman–Crippen MR) is 83.9 cm³/mol. The van der Waals surface area contributed by atoms with E-state index in [4.69, 9.17) is 23.2 Å². The van der Waals surface area contributed by atoms with Crippen LogP contribution in [0.5, 0.6) is 5.75 Å². The Bertz CT molecular complexity index is 519. The van der Waals surface area contributed by atoms with Crippen molar-refractivity contribution in [1.82, 2.24) is 15.1 Å². The van der Waals surface area contributed by atoms with E-state index in [1.54, 1.807) is 6.07 Å². The van der Waals surface area contributed by atoms with Crippen molar-refractivity contribution in [2.75, 3.05) is 39.8 Å². The Morgan fingerprint density at radius 1 is 1.38 bits per heavy atom. The van der Waals surface area contributed by atoms with Crippen molar-refractivity contribution in [3.63, 3.8) is 0 Å². The summed E-state index contributed by atoms with van der Waals surface area (Å²) in [5, 5.41) is 13.8. The fraction of sp³-hybridized carbons (Fsp3) is 0.500. The van der Waals surface area contributed by atoms with E-state index in [0.717, 1.165) is 26.2 Å². The zero-order valence-electron chi connectivity index (χ0n) is 11.9. The number of nitrogens with one attached hydrogen (secondary N) is 1. The van der Waals surface area contributed by atoms with E-state index in [9.17, 15) is 9.90 Å². The zero-order chi connectivity index (χ0) is 15.4. The van der Waals surface area contributed by atoms with E-state index in [1.807, 2.05) is 16.8 Å². The average molecular weight is 332 g/mol. The topological polar surface area (TPSA) is 55.8 Å². The van der Waals surface area contributed by atoms with Gasteiger partial charge in [-0.3, -0.25) is 9.69 Å². The van der Waals surface area contributed by atoms with Gasteiger partial charge in [-0.15, -0.1) is 0 Å². The molecular formula is C14H19Cl2N3O2. The van der Waals surface area contributed by atoms with Crippen LogP contribution in [0.1, 0.15) is 5.56 Å². The summed E-state index contributed by atoms with van der Waals surface area (Å²) in [6.07, 6.45) is 0. The van der Waals surface area contributed by atoms with E-state index in [-0.39, 0.29) is 16.7 Å². The van der Waals surface area contributed by atoms with Gasteiger partial charge in [0.1, 0.15) is 5.75 Å². The lowest BCUT2D eigenvalue weighted by atomic mass is 10.2. The molecule has 2 N–H and O–H groups in total. The van der Waals surface area contributed by atoms with Crippen molar-refractivity contribution < 1.29 is 9.90 Å². The first kappa shape index (κ1) is 16.4. The van der Waals surface area contributed by atoms with E-state index in [1.165, 1.54) is 6.07 Å². The molecule has 1 aliphatic rings. The van der Waals surface area contributed by atoms with Gasteiger partial charge in [0, 0.05) is 43.3 Å². The van der Waals surface area contributed by atoms with Gasteiger partial charge in [0.25, 0.3) is 0 Å². The van der Waals surface area contributed by atoms with Crippen molar-refractivity contribution in [2.24, 2.45) is 0 Å². The maximum atomic E-state index is 12.2. The molecule has 21 heavy (non-hydrogen) atoms. The van der Waals surface area contributed by atoms with Gasteiger partial charge in [0.05, 0.1) is 11.6 Å². The first-order chi connectivity index (χ1) is 9.97. The van der Waals surface area contributed by atoms with Crippen LogP contribution < -0.4 is 5.32 Å². The molecule has 116 valence electrons. The number of likely N-dealkylation sites (N-methyl/N-ethyl adjacent to an activating group) is 1. The van der Waals surface area contributed by atoms with Gasteiger partial charge in [-0.2, -0.15) is 0 Å². The van der Waals surface area contributed by atoms with Crippen molar-refractivity contribution in [3.8, 4) is 5.75 Å². The third-order valence-electron chi connectivity index (χ3n) is 3.42. The highest BCUT2D eigenvalue weighted by molar-refractivity contribution is 6.35. The van der Waals surface area contributed by atoms with Gasteiger partial charge in [-0.1, -0.05) is 23.2 Å². The average Bonchev–Trinajstić information content (AvgIpc) is 2.45. The Hall–Kier alpha value is -1.01. The smallest absolute Gasteiger partial charge is 0.236 e. The number of aromatic hydroxyl groups is 1. The molecule has 2 rings (SSSR count). The molecule has 0 unspecified atom stereocenters. The molecule has 1 aliphatic heterocycles. The Kier molecular flexibility index (Phi) is 5.70. The largest absolute Gasteiger partial charge is 0.506 e. The normalized spacial score (nSPS) is 15.5. The number of rotatable bonds is 4. The number of hydrogen-bond donors (Lipinski definition) is 2. The third-order valence-corrected chi connectivity index (χ3v) is 3.93. The molecule has 0 aliphatic carbocycles. The third kappa shape index (κ3) is 4.48. The van der Waals surface area contributed by atoms with Crippen LogP contribution in [0, 0.1) is 0 Å². The molecule has 0 radical (unpaired) electrons. The first-order valence-corrected chi connectivity index (χ1v) is 7.57. The number of phenols is 1. The fourth-order valence-corrected chi connectivity index (χ4v) is 2.87. The molecule has 1 fully saturated rings. The number of benzene rings is 1. The summed E-state index contributed by atoms with van der Waals surface area (Å²) in [7, 11) is 1.83. The Balaban J connectivity index is 1.95. The molecule has 0 atom stereocenters. The van der Waals surface area contributed by atoms with E-state index in [0.29, 0.717) is 23.7 Å². The summed E-state index contributed by atoms with van der Waals surface area (Å²) in [6, 6.07) is 3.16. The number of piperazine rings is 1. The van der Waals surface area contributed by atoms with Crippen molar-refractivity contribution in [1.29, 1.82) is 0 Å². The summed E-state index contributed by atoms with van der Waals surface area (Å²) in [6.45, 7) is 3.84. The molecule has 1 aromatic rings. The van der Waals surface area contributed by atoms with Gasteiger partial charge in [0.2, 0.25) is 5.91 Å². The monoisotopic (exact) mass is 331 g/mol. The lowest BCUT2D eigenvalue weighted by Crippen LogP contribution is -2.49. The van der Waals surface area contributed by atoms with Crippen LogP contribution in [0.25, 0.3) is 0 Å². The Morgan fingerprint density at radius 2 is 2.05 bits per heavy atom. The van der Waals surface area contributed by atoms with Crippen LogP contribution >= 0.6 is 23.2 Å².